The minimum atomic E-state index is -0.767. The molecule has 1 heterocycles. The summed E-state index contributed by atoms with van der Waals surface area (Å²) in [5.41, 5.74) is -0.257. The summed E-state index contributed by atoms with van der Waals surface area (Å²) in [4.78, 5) is 16.3. The van der Waals surface area contributed by atoms with E-state index in [0.717, 1.165) is 6.42 Å². The number of hydrogen-bond acceptors (Lipinski definition) is 4. The number of hydrogen-bond donors (Lipinski definition) is 1. The number of ether oxygens (including phenoxy) is 1. The molecule has 1 aromatic rings. The summed E-state index contributed by atoms with van der Waals surface area (Å²) in [6.45, 7) is 8.27. The fraction of sp³-hybridized carbons (Fsp3) is 0.643. The first kappa shape index (κ1) is 16.0. The van der Waals surface area contributed by atoms with Gasteiger partial charge in [0, 0.05) is 12.7 Å². The highest BCUT2D eigenvalue weighted by Gasteiger charge is 2.26. The summed E-state index contributed by atoms with van der Waals surface area (Å²) in [5, 5.41) is 11.9. The van der Waals surface area contributed by atoms with Gasteiger partial charge in [0.15, 0.2) is 0 Å². The van der Waals surface area contributed by atoms with Crippen LogP contribution in [0.3, 0.4) is 0 Å². The molecular formula is C14H22N4O2. The number of carbonyl (C=O) groups excluding carboxylic acids is 1. The van der Waals surface area contributed by atoms with Gasteiger partial charge in [-0.25, -0.2) is 9.36 Å². The normalized spacial score (nSPS) is 11.2. The minimum Gasteiger partial charge on any atom is -0.468 e. The first-order chi connectivity index (χ1) is 9.31. The summed E-state index contributed by atoms with van der Waals surface area (Å²) < 4.78 is 6.40. The molecule has 0 aliphatic rings. The minimum absolute atomic E-state index is 0.186. The van der Waals surface area contributed by atoms with Gasteiger partial charge in [0.05, 0.1) is 24.3 Å². The molecule has 0 fully saturated rings. The molecule has 1 amide bonds. The molecule has 0 saturated heterocycles. The number of aromatic nitrogens is 2. The molecule has 0 unspecified atom stereocenters. The molecule has 0 saturated carbocycles. The fourth-order valence-electron chi connectivity index (χ4n) is 1.56. The van der Waals surface area contributed by atoms with Crippen LogP contribution in [0, 0.1) is 17.2 Å². The third-order valence-corrected chi connectivity index (χ3v) is 2.99. The molecule has 0 atom stereocenters. The molecular weight excluding hydrogens is 256 g/mol. The Balaban J connectivity index is 2.89. The van der Waals surface area contributed by atoms with E-state index in [1.807, 2.05) is 0 Å². The van der Waals surface area contributed by atoms with Crippen LogP contribution >= 0.6 is 0 Å². The molecule has 6 heteroatoms. The largest absolute Gasteiger partial charge is 0.468 e. The Kier molecular flexibility index (Phi) is 5.14. The van der Waals surface area contributed by atoms with Crippen LogP contribution in [0.5, 0.6) is 6.01 Å². The van der Waals surface area contributed by atoms with Crippen LogP contribution in [0.4, 0.5) is 4.79 Å². The average molecular weight is 278 g/mol. The van der Waals surface area contributed by atoms with Crippen LogP contribution in [0.25, 0.3) is 0 Å². The molecule has 20 heavy (non-hydrogen) atoms. The van der Waals surface area contributed by atoms with E-state index in [4.69, 9.17) is 10.00 Å². The zero-order chi connectivity index (χ0) is 15.3. The quantitative estimate of drug-likeness (QED) is 0.896. The van der Waals surface area contributed by atoms with E-state index in [9.17, 15) is 4.79 Å². The highest BCUT2D eigenvalue weighted by atomic mass is 16.5. The average Bonchev–Trinajstić information content (AvgIpc) is 2.83. The topological polar surface area (TPSA) is 79.9 Å². The lowest BCUT2D eigenvalue weighted by Gasteiger charge is -2.10. The molecule has 1 aromatic heterocycles. The molecule has 0 bridgehead atoms. The van der Waals surface area contributed by atoms with E-state index >= 15 is 0 Å². The van der Waals surface area contributed by atoms with Gasteiger partial charge in [-0.1, -0.05) is 13.8 Å². The molecule has 1 N–H and O–H groups in total. The lowest BCUT2D eigenvalue weighted by atomic mass is 9.92. The summed E-state index contributed by atoms with van der Waals surface area (Å²) in [6.07, 6.45) is 2.45. The van der Waals surface area contributed by atoms with E-state index in [0.29, 0.717) is 18.2 Å². The van der Waals surface area contributed by atoms with Crippen molar-refractivity contribution in [2.75, 3.05) is 13.7 Å². The molecule has 0 aromatic carbocycles. The number of rotatable bonds is 5. The molecule has 1 rings (SSSR count). The predicted molar refractivity (Wildman–Crippen MR) is 75.7 cm³/mol. The number of nitrogens with one attached hydrogen (secondary N) is 1. The van der Waals surface area contributed by atoms with Crippen LogP contribution in [0.1, 0.15) is 39.8 Å². The second-order valence-corrected chi connectivity index (χ2v) is 5.63. The lowest BCUT2D eigenvalue weighted by Crippen LogP contribution is -2.30. The van der Waals surface area contributed by atoms with Crippen LogP contribution in [-0.4, -0.2) is 29.2 Å². The number of imidazole rings is 1. The Bertz CT molecular complexity index is 512. The predicted octanol–water partition coefficient (Wildman–Crippen LogP) is 2.30. The van der Waals surface area contributed by atoms with Gasteiger partial charge in [-0.05, 0) is 26.2 Å². The molecule has 0 aliphatic carbocycles. The fourth-order valence-corrected chi connectivity index (χ4v) is 1.56. The van der Waals surface area contributed by atoms with Crippen molar-refractivity contribution in [2.24, 2.45) is 5.92 Å². The first-order valence-corrected chi connectivity index (χ1v) is 6.65. The zero-order valence-corrected chi connectivity index (χ0v) is 12.7. The SMILES string of the molecule is COc1nc(C(C)(C)C#N)cn1C(=O)NCCC(C)C. The summed E-state index contributed by atoms with van der Waals surface area (Å²) in [5.74, 6) is 0.521. The van der Waals surface area contributed by atoms with E-state index in [-0.39, 0.29) is 12.0 Å². The molecule has 110 valence electrons. The summed E-state index contributed by atoms with van der Waals surface area (Å²) in [6, 6.07) is 2.05. The van der Waals surface area contributed by atoms with Gasteiger partial charge in [-0.3, -0.25) is 0 Å². The first-order valence-electron chi connectivity index (χ1n) is 6.65. The molecule has 6 nitrogen and oxygen atoms in total. The Morgan fingerprint density at radius 1 is 1.60 bits per heavy atom. The number of nitriles is 1. The van der Waals surface area contributed by atoms with E-state index < -0.39 is 5.41 Å². The van der Waals surface area contributed by atoms with Gasteiger partial charge in [0.25, 0.3) is 0 Å². The van der Waals surface area contributed by atoms with Gasteiger partial charge in [0.1, 0.15) is 0 Å². The standard InChI is InChI=1S/C14H22N4O2/c1-10(2)6-7-16-12(19)18-8-11(14(3,4)9-15)17-13(18)20-5/h8,10H,6-7H2,1-5H3,(H,16,19). The smallest absolute Gasteiger partial charge is 0.329 e. The third-order valence-electron chi connectivity index (χ3n) is 2.99. The summed E-state index contributed by atoms with van der Waals surface area (Å²) >= 11 is 0. The van der Waals surface area contributed by atoms with Crippen molar-refractivity contribution in [3.8, 4) is 12.1 Å². The summed E-state index contributed by atoms with van der Waals surface area (Å²) in [7, 11) is 1.45. The Hall–Kier alpha value is -2.03. The van der Waals surface area contributed by atoms with Crippen LogP contribution in [-0.2, 0) is 5.41 Å². The zero-order valence-electron chi connectivity index (χ0n) is 12.7. The molecule has 0 aliphatic heterocycles. The van der Waals surface area contributed by atoms with Crippen molar-refractivity contribution in [3.63, 3.8) is 0 Å². The highest BCUT2D eigenvalue weighted by molar-refractivity contribution is 5.78. The monoisotopic (exact) mass is 278 g/mol. The maximum Gasteiger partial charge on any atom is 0.329 e. The Morgan fingerprint density at radius 2 is 2.25 bits per heavy atom. The maximum atomic E-state index is 12.1. The molecule has 0 radical (unpaired) electrons. The Labute approximate surface area is 119 Å². The number of amides is 1. The van der Waals surface area contributed by atoms with Gasteiger partial charge in [-0.15, -0.1) is 0 Å². The van der Waals surface area contributed by atoms with Crippen molar-refractivity contribution in [1.82, 2.24) is 14.9 Å². The van der Waals surface area contributed by atoms with E-state index in [1.54, 1.807) is 20.0 Å². The van der Waals surface area contributed by atoms with Crippen molar-refractivity contribution in [1.29, 1.82) is 5.26 Å². The number of carbonyl (C=O) groups is 1. The van der Waals surface area contributed by atoms with Crippen LogP contribution < -0.4 is 10.1 Å². The second-order valence-electron chi connectivity index (χ2n) is 5.63. The van der Waals surface area contributed by atoms with Gasteiger partial charge in [-0.2, -0.15) is 10.2 Å². The second kappa shape index (κ2) is 6.42. The van der Waals surface area contributed by atoms with Gasteiger partial charge >= 0.3 is 12.0 Å². The van der Waals surface area contributed by atoms with E-state index in [2.05, 4.69) is 30.2 Å². The molecule has 0 spiro atoms. The van der Waals surface area contributed by atoms with Crippen molar-refractivity contribution in [2.45, 2.75) is 39.5 Å². The van der Waals surface area contributed by atoms with E-state index in [1.165, 1.54) is 11.7 Å². The van der Waals surface area contributed by atoms with Gasteiger partial charge < -0.3 is 10.1 Å². The maximum absolute atomic E-state index is 12.1. The van der Waals surface area contributed by atoms with Crippen LogP contribution in [0.15, 0.2) is 6.20 Å². The third kappa shape index (κ3) is 3.73. The van der Waals surface area contributed by atoms with Crippen molar-refractivity contribution >= 4 is 6.03 Å². The highest BCUT2D eigenvalue weighted by Crippen LogP contribution is 2.23. The lowest BCUT2D eigenvalue weighted by molar-refractivity contribution is 0.237. The number of nitrogens with zero attached hydrogens (tertiary/aromatic N) is 3. The van der Waals surface area contributed by atoms with Crippen molar-refractivity contribution < 1.29 is 9.53 Å². The number of methoxy groups -OCH3 is 1. The van der Waals surface area contributed by atoms with Crippen LogP contribution in [0.2, 0.25) is 0 Å². The van der Waals surface area contributed by atoms with Gasteiger partial charge in [0.2, 0.25) is 0 Å². The Morgan fingerprint density at radius 3 is 2.75 bits per heavy atom. The van der Waals surface area contributed by atoms with Crippen molar-refractivity contribution in [3.05, 3.63) is 11.9 Å².